The molecule has 0 aliphatic heterocycles. The van der Waals surface area contributed by atoms with Gasteiger partial charge in [-0.15, -0.1) is 0 Å². The van der Waals surface area contributed by atoms with Gasteiger partial charge in [0.2, 0.25) is 5.12 Å². The summed E-state index contributed by atoms with van der Waals surface area (Å²) in [5.41, 5.74) is 1.02. The summed E-state index contributed by atoms with van der Waals surface area (Å²) < 4.78 is 0. The molecule has 0 fully saturated rings. The highest BCUT2D eigenvalue weighted by Gasteiger charge is 2.05. The Morgan fingerprint density at radius 2 is 2.22 bits per heavy atom. The van der Waals surface area contributed by atoms with Gasteiger partial charge in [0.25, 0.3) is 0 Å². The average Bonchev–Trinajstić information content (AvgIpc) is 1.63. The van der Waals surface area contributed by atoms with Crippen molar-refractivity contribution in [3.63, 3.8) is 0 Å². The van der Waals surface area contributed by atoms with Gasteiger partial charge in [-0.2, -0.15) is 0 Å². The Kier molecular flexibility index (Phi) is 3.47. The van der Waals surface area contributed by atoms with Crippen LogP contribution >= 0.6 is 12.6 Å². The van der Waals surface area contributed by atoms with Gasteiger partial charge < -0.3 is 0 Å². The molecule has 0 aliphatic rings. The lowest BCUT2D eigenvalue weighted by Crippen LogP contribution is -1.99. The SMILES string of the molecule is C=C(C)C(C)CC(=O)[S]. The molecule has 0 saturated carbocycles. The number of hydrogen-bond acceptors (Lipinski definition) is 1. The molecular formula is C7H11OS. The Bertz CT molecular complexity index is 129. The second kappa shape index (κ2) is 3.62. The number of carbonyl (C=O) groups excluding carboxylic acids is 1. The number of allylic oxidation sites excluding steroid dienone is 1. The lowest BCUT2D eigenvalue weighted by Gasteiger charge is -2.05. The van der Waals surface area contributed by atoms with Gasteiger partial charge in [0.1, 0.15) is 0 Å². The van der Waals surface area contributed by atoms with Crippen molar-refractivity contribution in [3.8, 4) is 0 Å². The van der Waals surface area contributed by atoms with Gasteiger partial charge in [0.15, 0.2) is 0 Å². The van der Waals surface area contributed by atoms with Gasteiger partial charge in [-0.25, -0.2) is 0 Å². The number of rotatable bonds is 3. The van der Waals surface area contributed by atoms with Crippen LogP contribution in [0.2, 0.25) is 0 Å². The van der Waals surface area contributed by atoms with Crippen LogP contribution in [-0.2, 0) is 4.79 Å². The predicted octanol–water partition coefficient (Wildman–Crippen LogP) is 2.31. The van der Waals surface area contributed by atoms with Crippen molar-refractivity contribution in [1.29, 1.82) is 0 Å². The minimum absolute atomic E-state index is 0.175. The number of carbonyl (C=O) groups is 1. The first-order valence-electron chi connectivity index (χ1n) is 2.89. The van der Waals surface area contributed by atoms with E-state index in [1.807, 2.05) is 13.8 Å². The van der Waals surface area contributed by atoms with Crippen molar-refractivity contribution in [1.82, 2.24) is 0 Å². The van der Waals surface area contributed by atoms with E-state index in [0.717, 1.165) is 5.57 Å². The van der Waals surface area contributed by atoms with Crippen molar-refractivity contribution in [3.05, 3.63) is 12.2 Å². The minimum atomic E-state index is -0.175. The van der Waals surface area contributed by atoms with Crippen molar-refractivity contribution >= 4 is 17.7 Å². The van der Waals surface area contributed by atoms with Crippen LogP contribution in [0.1, 0.15) is 20.3 Å². The van der Waals surface area contributed by atoms with Gasteiger partial charge in [-0.1, -0.05) is 19.1 Å². The first-order chi connectivity index (χ1) is 4.04. The molecule has 0 aromatic carbocycles. The maximum absolute atomic E-state index is 10.3. The van der Waals surface area contributed by atoms with Crippen molar-refractivity contribution < 1.29 is 4.79 Å². The fraction of sp³-hybridized carbons (Fsp3) is 0.571. The molecule has 0 aromatic heterocycles. The Hall–Kier alpha value is -0.370. The smallest absolute Gasteiger partial charge is 0.219 e. The highest BCUT2D eigenvalue weighted by molar-refractivity contribution is 7.96. The highest BCUT2D eigenvalue weighted by atomic mass is 32.1. The molecule has 0 rings (SSSR count). The second-order valence-electron chi connectivity index (χ2n) is 2.32. The maximum atomic E-state index is 10.3. The van der Waals surface area contributed by atoms with Crippen LogP contribution in [-0.4, -0.2) is 5.12 Å². The molecule has 1 radical (unpaired) electrons. The molecule has 0 aliphatic carbocycles. The minimum Gasteiger partial charge on any atom is -0.282 e. The van der Waals surface area contributed by atoms with Crippen LogP contribution in [0.5, 0.6) is 0 Å². The Morgan fingerprint density at radius 3 is 2.33 bits per heavy atom. The van der Waals surface area contributed by atoms with E-state index in [1.165, 1.54) is 0 Å². The van der Waals surface area contributed by atoms with Crippen LogP contribution < -0.4 is 0 Å². The van der Waals surface area contributed by atoms with E-state index in [9.17, 15) is 4.79 Å². The molecule has 51 valence electrons. The van der Waals surface area contributed by atoms with E-state index in [1.54, 1.807) is 0 Å². The quantitative estimate of drug-likeness (QED) is 0.554. The molecule has 0 amide bonds. The number of hydrogen-bond donors (Lipinski definition) is 0. The summed E-state index contributed by atoms with van der Waals surface area (Å²) in [4.78, 5) is 10.3. The first kappa shape index (κ1) is 8.63. The Morgan fingerprint density at radius 1 is 1.78 bits per heavy atom. The topological polar surface area (TPSA) is 17.1 Å². The predicted molar refractivity (Wildman–Crippen MR) is 41.2 cm³/mol. The highest BCUT2D eigenvalue weighted by Crippen LogP contribution is 2.12. The van der Waals surface area contributed by atoms with Crippen molar-refractivity contribution in [2.75, 3.05) is 0 Å². The summed E-state index contributed by atoms with van der Waals surface area (Å²) in [7, 11) is 0. The largest absolute Gasteiger partial charge is 0.282 e. The van der Waals surface area contributed by atoms with Gasteiger partial charge in [0, 0.05) is 6.42 Å². The molecule has 1 unspecified atom stereocenters. The average molecular weight is 143 g/mol. The Balaban J connectivity index is 3.63. The Labute approximate surface area is 61.6 Å². The maximum Gasteiger partial charge on any atom is 0.219 e. The fourth-order valence-electron chi connectivity index (χ4n) is 0.424. The van der Waals surface area contributed by atoms with Crippen LogP contribution in [0.4, 0.5) is 0 Å². The third-order valence-electron chi connectivity index (χ3n) is 1.31. The van der Waals surface area contributed by atoms with Gasteiger partial charge >= 0.3 is 0 Å². The zero-order chi connectivity index (χ0) is 7.44. The lowest BCUT2D eigenvalue weighted by atomic mass is 10.0. The van der Waals surface area contributed by atoms with Gasteiger partial charge in [-0.05, 0) is 25.5 Å². The van der Waals surface area contributed by atoms with E-state index in [0.29, 0.717) is 6.42 Å². The lowest BCUT2D eigenvalue weighted by molar-refractivity contribution is -0.111. The molecule has 1 atom stereocenters. The summed E-state index contributed by atoms with van der Waals surface area (Å²) in [5.74, 6) is 0.245. The second-order valence-corrected chi connectivity index (χ2v) is 2.78. The third kappa shape index (κ3) is 4.15. The molecular weight excluding hydrogens is 132 g/mol. The fourth-order valence-corrected chi connectivity index (χ4v) is 0.674. The summed E-state index contributed by atoms with van der Waals surface area (Å²) >= 11 is 4.39. The molecule has 0 saturated heterocycles. The molecule has 1 nitrogen and oxygen atoms in total. The van der Waals surface area contributed by atoms with Crippen LogP contribution in [0.3, 0.4) is 0 Å². The van der Waals surface area contributed by atoms with Crippen LogP contribution in [0.15, 0.2) is 12.2 Å². The molecule has 2 heteroatoms. The van der Waals surface area contributed by atoms with E-state index < -0.39 is 0 Å². The zero-order valence-corrected chi connectivity index (χ0v) is 6.62. The normalized spacial score (nSPS) is 12.7. The van der Waals surface area contributed by atoms with E-state index >= 15 is 0 Å². The molecule has 9 heavy (non-hydrogen) atoms. The van der Waals surface area contributed by atoms with E-state index in [-0.39, 0.29) is 11.0 Å². The van der Waals surface area contributed by atoms with Gasteiger partial charge in [0.05, 0.1) is 0 Å². The standard InChI is InChI=1S/C7H11OS/c1-5(2)6(3)4-7(8)9/h6H,1,4H2,2-3H3. The summed E-state index contributed by atoms with van der Waals surface area (Å²) in [6, 6.07) is 0. The van der Waals surface area contributed by atoms with Crippen LogP contribution in [0.25, 0.3) is 0 Å². The molecule has 0 spiro atoms. The molecule has 0 N–H and O–H groups in total. The van der Waals surface area contributed by atoms with Crippen molar-refractivity contribution in [2.24, 2.45) is 5.92 Å². The summed E-state index contributed by atoms with van der Waals surface area (Å²) in [6.45, 7) is 7.57. The monoisotopic (exact) mass is 143 g/mol. The first-order valence-corrected chi connectivity index (χ1v) is 3.30. The third-order valence-corrected chi connectivity index (χ3v) is 1.48. The summed E-state index contributed by atoms with van der Waals surface area (Å²) in [5, 5.41) is -0.175. The summed E-state index contributed by atoms with van der Waals surface area (Å²) in [6.07, 6.45) is 0.449. The van der Waals surface area contributed by atoms with Crippen LogP contribution in [0, 0.1) is 5.92 Å². The van der Waals surface area contributed by atoms with E-state index in [2.05, 4.69) is 19.2 Å². The molecule has 0 aromatic rings. The van der Waals surface area contributed by atoms with Gasteiger partial charge in [-0.3, -0.25) is 4.79 Å². The zero-order valence-electron chi connectivity index (χ0n) is 5.81. The van der Waals surface area contributed by atoms with Crippen molar-refractivity contribution in [2.45, 2.75) is 20.3 Å². The molecule has 0 heterocycles. The molecule has 0 bridgehead atoms. The van der Waals surface area contributed by atoms with E-state index in [4.69, 9.17) is 0 Å².